The largest absolute Gasteiger partial charge is 0.480 e. The summed E-state index contributed by atoms with van der Waals surface area (Å²) in [6, 6.07) is -0.929. The zero-order chi connectivity index (χ0) is 18.4. The van der Waals surface area contributed by atoms with Crippen LogP contribution in [0.1, 0.15) is 58.3 Å². The molecule has 1 saturated carbocycles. The smallest absolute Gasteiger partial charge is 0.320 e. The van der Waals surface area contributed by atoms with Crippen molar-refractivity contribution >= 4 is 34.1 Å². The lowest BCUT2D eigenvalue weighted by Gasteiger charge is -2.38. The van der Waals surface area contributed by atoms with Crippen molar-refractivity contribution in [1.82, 2.24) is 10.2 Å². The molecule has 0 spiro atoms. The van der Waals surface area contributed by atoms with Crippen molar-refractivity contribution < 1.29 is 23.1 Å². The number of aliphatic carboxylic acids is 1. The van der Waals surface area contributed by atoms with Crippen LogP contribution in [-0.4, -0.2) is 66.5 Å². The van der Waals surface area contributed by atoms with Gasteiger partial charge in [0.2, 0.25) is 5.91 Å². The maximum atomic E-state index is 12.8. The van der Waals surface area contributed by atoms with E-state index in [-0.39, 0.29) is 48.4 Å². The van der Waals surface area contributed by atoms with Gasteiger partial charge in [-0.3, -0.25) is 14.9 Å². The van der Waals surface area contributed by atoms with Crippen molar-refractivity contribution in [3.05, 3.63) is 0 Å². The van der Waals surface area contributed by atoms with Gasteiger partial charge in [0.15, 0.2) is 9.84 Å². The molecule has 1 saturated heterocycles. The Morgan fingerprint density at radius 1 is 1.15 bits per heavy atom. The molecule has 1 aliphatic carbocycles. The Morgan fingerprint density at radius 2 is 1.81 bits per heavy atom. The first kappa shape index (κ1) is 23.2. The summed E-state index contributed by atoms with van der Waals surface area (Å²) in [7, 11) is -3.07. The normalized spacial score (nSPS) is 23.8. The molecule has 0 aromatic rings. The molecule has 2 rings (SSSR count). The van der Waals surface area contributed by atoms with Crippen LogP contribution in [0.3, 0.4) is 0 Å². The molecule has 1 aliphatic heterocycles. The lowest BCUT2D eigenvalue weighted by atomic mass is 9.93. The van der Waals surface area contributed by atoms with E-state index in [1.807, 2.05) is 6.92 Å². The second-order valence-corrected chi connectivity index (χ2v) is 9.44. The summed E-state index contributed by atoms with van der Waals surface area (Å²) in [6.45, 7) is 1.85. The second-order valence-electron chi connectivity index (χ2n) is 7.21. The summed E-state index contributed by atoms with van der Waals surface area (Å²) in [5.41, 5.74) is 0. The monoisotopic (exact) mass is 410 g/mol. The highest BCUT2D eigenvalue weighted by Crippen LogP contribution is 2.28. The summed E-state index contributed by atoms with van der Waals surface area (Å²) < 4.78 is 23.7. The SMILES string of the molecule is CCCC(NCC(=O)N(C1CCCCC1)C1CCS(=O)(=O)C1)C(=O)O.Cl. The van der Waals surface area contributed by atoms with Gasteiger partial charge in [0.25, 0.3) is 0 Å². The second kappa shape index (κ2) is 10.5. The van der Waals surface area contributed by atoms with Crippen LogP contribution in [0.4, 0.5) is 0 Å². The molecule has 2 fully saturated rings. The average Bonchev–Trinajstić information content (AvgIpc) is 2.92. The Balaban J connectivity index is 0.00000338. The lowest BCUT2D eigenvalue weighted by Crippen LogP contribution is -2.53. The maximum Gasteiger partial charge on any atom is 0.320 e. The van der Waals surface area contributed by atoms with Gasteiger partial charge in [0.05, 0.1) is 18.1 Å². The van der Waals surface area contributed by atoms with Gasteiger partial charge in [0, 0.05) is 12.1 Å². The van der Waals surface area contributed by atoms with E-state index >= 15 is 0 Å². The Labute approximate surface area is 162 Å². The topological polar surface area (TPSA) is 104 Å². The molecule has 2 aliphatic rings. The minimum Gasteiger partial charge on any atom is -0.480 e. The number of carboxylic acids is 1. The first-order chi connectivity index (χ1) is 11.8. The van der Waals surface area contributed by atoms with Crippen LogP contribution in [0.15, 0.2) is 0 Å². The van der Waals surface area contributed by atoms with Gasteiger partial charge in [-0.1, -0.05) is 32.6 Å². The molecule has 0 radical (unpaired) electrons. The molecule has 2 unspecified atom stereocenters. The van der Waals surface area contributed by atoms with Crippen molar-refractivity contribution in [2.75, 3.05) is 18.1 Å². The lowest BCUT2D eigenvalue weighted by molar-refractivity contribution is -0.140. The first-order valence-corrected chi connectivity index (χ1v) is 11.1. The number of nitrogens with one attached hydrogen (secondary N) is 1. The summed E-state index contributed by atoms with van der Waals surface area (Å²) >= 11 is 0. The number of hydrogen-bond donors (Lipinski definition) is 2. The van der Waals surface area contributed by atoms with Gasteiger partial charge in [-0.15, -0.1) is 12.4 Å². The van der Waals surface area contributed by atoms with Gasteiger partial charge in [0.1, 0.15) is 6.04 Å². The average molecular weight is 411 g/mol. The van der Waals surface area contributed by atoms with Crippen molar-refractivity contribution in [3.63, 3.8) is 0 Å². The minimum absolute atomic E-state index is 0. The molecule has 152 valence electrons. The van der Waals surface area contributed by atoms with Crippen LogP contribution < -0.4 is 5.32 Å². The Hall–Kier alpha value is -0.860. The van der Waals surface area contributed by atoms with Crippen LogP contribution in [0, 0.1) is 0 Å². The molecule has 2 atom stereocenters. The van der Waals surface area contributed by atoms with E-state index in [2.05, 4.69) is 5.32 Å². The highest BCUT2D eigenvalue weighted by molar-refractivity contribution is 7.91. The number of nitrogens with zero attached hydrogens (tertiary/aromatic N) is 1. The van der Waals surface area contributed by atoms with Crippen LogP contribution in [0.2, 0.25) is 0 Å². The van der Waals surface area contributed by atoms with E-state index in [9.17, 15) is 23.1 Å². The zero-order valence-electron chi connectivity index (χ0n) is 15.4. The van der Waals surface area contributed by atoms with E-state index in [0.717, 1.165) is 32.1 Å². The fourth-order valence-electron chi connectivity index (χ4n) is 3.96. The van der Waals surface area contributed by atoms with E-state index in [0.29, 0.717) is 19.3 Å². The molecular formula is C17H31ClN2O5S. The number of carbonyl (C=O) groups excluding carboxylic acids is 1. The molecule has 26 heavy (non-hydrogen) atoms. The highest BCUT2D eigenvalue weighted by atomic mass is 35.5. The Morgan fingerprint density at radius 3 is 2.31 bits per heavy atom. The number of carboxylic acid groups (broad SMARTS) is 1. The van der Waals surface area contributed by atoms with Crippen LogP contribution in [0.25, 0.3) is 0 Å². The highest BCUT2D eigenvalue weighted by Gasteiger charge is 2.38. The van der Waals surface area contributed by atoms with Crippen molar-refractivity contribution in [2.24, 2.45) is 0 Å². The number of halogens is 1. The third kappa shape index (κ3) is 6.39. The van der Waals surface area contributed by atoms with Gasteiger partial charge >= 0.3 is 5.97 Å². The maximum absolute atomic E-state index is 12.8. The molecule has 1 amide bonds. The summed E-state index contributed by atoms with van der Waals surface area (Å²) in [5.74, 6) is -0.958. The van der Waals surface area contributed by atoms with Crippen LogP contribution >= 0.6 is 12.4 Å². The quantitative estimate of drug-likeness (QED) is 0.629. The minimum atomic E-state index is -3.07. The van der Waals surface area contributed by atoms with E-state index in [1.54, 1.807) is 4.90 Å². The first-order valence-electron chi connectivity index (χ1n) is 9.32. The zero-order valence-corrected chi connectivity index (χ0v) is 17.0. The summed E-state index contributed by atoms with van der Waals surface area (Å²) in [4.78, 5) is 25.9. The third-order valence-electron chi connectivity index (χ3n) is 5.23. The fraction of sp³-hybridized carbons (Fsp3) is 0.882. The summed E-state index contributed by atoms with van der Waals surface area (Å²) in [6.07, 6.45) is 6.72. The third-order valence-corrected chi connectivity index (χ3v) is 6.98. The van der Waals surface area contributed by atoms with Gasteiger partial charge in [-0.25, -0.2) is 8.42 Å². The Kier molecular flexibility index (Phi) is 9.33. The number of carbonyl (C=O) groups is 2. The molecular weight excluding hydrogens is 380 g/mol. The molecule has 2 N–H and O–H groups in total. The van der Waals surface area contributed by atoms with Crippen molar-refractivity contribution in [2.45, 2.75) is 76.4 Å². The van der Waals surface area contributed by atoms with Gasteiger partial charge in [-0.05, 0) is 25.7 Å². The van der Waals surface area contributed by atoms with Crippen LogP contribution in [-0.2, 0) is 19.4 Å². The molecule has 9 heteroatoms. The molecule has 7 nitrogen and oxygen atoms in total. The molecule has 0 aromatic heterocycles. The van der Waals surface area contributed by atoms with Crippen molar-refractivity contribution in [1.29, 1.82) is 0 Å². The Bertz CT molecular complexity index is 578. The molecule has 1 heterocycles. The number of sulfone groups is 1. The number of amides is 1. The van der Waals surface area contributed by atoms with Crippen LogP contribution in [0.5, 0.6) is 0 Å². The number of rotatable bonds is 8. The van der Waals surface area contributed by atoms with Gasteiger partial charge in [-0.2, -0.15) is 0 Å². The predicted octanol–water partition coefficient (Wildman–Crippen LogP) is 1.60. The number of hydrogen-bond acceptors (Lipinski definition) is 5. The molecule has 0 bridgehead atoms. The molecule has 0 aromatic carbocycles. The van der Waals surface area contributed by atoms with E-state index in [4.69, 9.17) is 0 Å². The van der Waals surface area contributed by atoms with E-state index < -0.39 is 21.8 Å². The van der Waals surface area contributed by atoms with Gasteiger partial charge < -0.3 is 10.0 Å². The summed E-state index contributed by atoms with van der Waals surface area (Å²) in [5, 5.41) is 12.1. The van der Waals surface area contributed by atoms with Crippen molar-refractivity contribution in [3.8, 4) is 0 Å². The standard InChI is InChI=1S/C17H30N2O5S.ClH/c1-2-6-15(17(21)22)18-11-16(20)19(13-7-4-3-5-8-13)14-9-10-25(23,24)12-14;/h13-15,18H,2-12H2,1H3,(H,21,22);1H. The van der Waals surface area contributed by atoms with E-state index in [1.165, 1.54) is 0 Å². The predicted molar refractivity (Wildman–Crippen MR) is 102 cm³/mol. The fourth-order valence-corrected chi connectivity index (χ4v) is 5.67.